The first-order chi connectivity index (χ1) is 14.6. The maximum Gasteiger partial charge on any atom is 0.336 e. The largest absolute Gasteiger partial charge is 0.459 e. The highest BCUT2D eigenvalue weighted by Gasteiger charge is 2.22. The summed E-state index contributed by atoms with van der Waals surface area (Å²) < 4.78 is 16.7. The molecular weight excluding hydrogens is 382 g/mol. The molecule has 0 spiro atoms. The molecule has 0 bridgehead atoms. The lowest BCUT2D eigenvalue weighted by Gasteiger charge is -2.08. The Morgan fingerprint density at radius 2 is 1.77 bits per heavy atom. The van der Waals surface area contributed by atoms with Crippen molar-refractivity contribution in [3.05, 3.63) is 88.7 Å². The van der Waals surface area contributed by atoms with Crippen LogP contribution in [0.15, 0.2) is 85.0 Å². The molecule has 3 aromatic heterocycles. The van der Waals surface area contributed by atoms with Gasteiger partial charge < -0.3 is 18.6 Å². The Morgan fingerprint density at radius 3 is 2.57 bits per heavy atom. The van der Waals surface area contributed by atoms with Crippen LogP contribution in [0.1, 0.15) is 23.0 Å². The normalized spacial score (nSPS) is 11.2. The molecule has 0 aliphatic rings. The molecule has 5 rings (SSSR count). The second-order valence-corrected chi connectivity index (χ2v) is 6.90. The van der Waals surface area contributed by atoms with E-state index in [9.17, 15) is 9.59 Å². The summed E-state index contributed by atoms with van der Waals surface area (Å²) in [5, 5.41) is 4.35. The van der Waals surface area contributed by atoms with Gasteiger partial charge in [-0.1, -0.05) is 25.1 Å². The van der Waals surface area contributed by atoms with Gasteiger partial charge in [0.25, 0.3) is 5.91 Å². The zero-order valence-electron chi connectivity index (χ0n) is 16.1. The number of aryl methyl sites for hydroxylation is 1. The summed E-state index contributed by atoms with van der Waals surface area (Å²) in [6.45, 7) is 2.05. The van der Waals surface area contributed by atoms with Crippen molar-refractivity contribution < 1.29 is 18.0 Å². The van der Waals surface area contributed by atoms with E-state index in [0.29, 0.717) is 28.2 Å². The number of benzene rings is 2. The van der Waals surface area contributed by atoms with E-state index >= 15 is 0 Å². The zero-order valence-corrected chi connectivity index (χ0v) is 16.1. The predicted octanol–water partition coefficient (Wildman–Crippen LogP) is 5.61. The van der Waals surface area contributed by atoms with Crippen molar-refractivity contribution in [2.75, 3.05) is 5.32 Å². The molecule has 0 aliphatic heterocycles. The SMILES string of the molecule is CCc1ccc2oc(=O)cc(-c3oc4ccccc4c3NC(=O)c3ccco3)c2c1. The molecule has 0 radical (unpaired) electrons. The molecule has 3 heterocycles. The quantitative estimate of drug-likeness (QED) is 0.397. The van der Waals surface area contributed by atoms with Crippen LogP contribution < -0.4 is 10.9 Å². The van der Waals surface area contributed by atoms with Crippen LogP contribution in [0, 0.1) is 0 Å². The molecule has 0 saturated carbocycles. The lowest BCUT2D eigenvalue weighted by molar-refractivity contribution is 0.0996. The second kappa shape index (κ2) is 7.08. The minimum atomic E-state index is -0.495. The van der Waals surface area contributed by atoms with Crippen LogP contribution in [0.4, 0.5) is 5.69 Å². The molecule has 0 atom stereocenters. The van der Waals surface area contributed by atoms with E-state index in [-0.39, 0.29) is 5.76 Å². The number of nitrogens with one attached hydrogen (secondary N) is 1. The molecule has 0 saturated heterocycles. The van der Waals surface area contributed by atoms with Gasteiger partial charge in [-0.25, -0.2) is 4.79 Å². The van der Waals surface area contributed by atoms with Crippen LogP contribution >= 0.6 is 0 Å². The van der Waals surface area contributed by atoms with Crippen LogP contribution in [-0.4, -0.2) is 5.91 Å². The minimum Gasteiger partial charge on any atom is -0.459 e. The molecule has 0 aliphatic carbocycles. The van der Waals surface area contributed by atoms with E-state index in [4.69, 9.17) is 13.3 Å². The van der Waals surface area contributed by atoms with Crippen molar-refractivity contribution >= 4 is 33.5 Å². The molecule has 6 nitrogen and oxygen atoms in total. The number of amides is 1. The zero-order chi connectivity index (χ0) is 20.7. The molecular formula is C24H17NO5. The van der Waals surface area contributed by atoms with E-state index in [1.807, 2.05) is 36.4 Å². The molecule has 1 amide bonds. The van der Waals surface area contributed by atoms with Crippen molar-refractivity contribution in [3.63, 3.8) is 0 Å². The maximum absolute atomic E-state index is 12.7. The van der Waals surface area contributed by atoms with Gasteiger partial charge in [-0.15, -0.1) is 0 Å². The standard InChI is InChI=1S/C24H17NO5/c1-2-14-9-10-19-16(12-14)17(13-21(26)29-19)23-22(15-6-3-4-7-18(15)30-23)25-24(27)20-8-5-11-28-20/h3-13H,2H2,1H3,(H,25,27). The number of furan rings is 2. The van der Waals surface area contributed by atoms with Crippen LogP contribution in [-0.2, 0) is 6.42 Å². The molecule has 148 valence electrons. The number of fused-ring (bicyclic) bond motifs is 2. The van der Waals surface area contributed by atoms with Crippen LogP contribution in [0.5, 0.6) is 0 Å². The van der Waals surface area contributed by atoms with Crippen molar-refractivity contribution in [1.82, 2.24) is 0 Å². The summed E-state index contributed by atoms with van der Waals surface area (Å²) in [6, 6.07) is 17.7. The third-order valence-corrected chi connectivity index (χ3v) is 5.04. The van der Waals surface area contributed by atoms with Gasteiger partial charge in [0.2, 0.25) is 0 Å². The fourth-order valence-corrected chi connectivity index (χ4v) is 3.56. The maximum atomic E-state index is 12.7. The average Bonchev–Trinajstić information content (AvgIpc) is 3.42. The summed E-state index contributed by atoms with van der Waals surface area (Å²) in [6.07, 6.45) is 2.27. The number of carbonyl (C=O) groups is 1. The van der Waals surface area contributed by atoms with Gasteiger partial charge in [-0.05, 0) is 48.4 Å². The topological polar surface area (TPSA) is 85.6 Å². The van der Waals surface area contributed by atoms with Gasteiger partial charge in [-0.2, -0.15) is 0 Å². The van der Waals surface area contributed by atoms with Crippen molar-refractivity contribution in [1.29, 1.82) is 0 Å². The van der Waals surface area contributed by atoms with E-state index in [2.05, 4.69) is 12.2 Å². The molecule has 5 aromatic rings. The smallest absolute Gasteiger partial charge is 0.336 e. The fourth-order valence-electron chi connectivity index (χ4n) is 3.56. The highest BCUT2D eigenvalue weighted by molar-refractivity contribution is 6.12. The number of carbonyl (C=O) groups excluding carboxylic acids is 1. The molecule has 0 fully saturated rings. The summed E-state index contributed by atoms with van der Waals surface area (Å²) in [4.78, 5) is 25.0. The van der Waals surface area contributed by atoms with Crippen LogP contribution in [0.25, 0.3) is 33.3 Å². The van der Waals surface area contributed by atoms with E-state index in [1.54, 1.807) is 18.2 Å². The van der Waals surface area contributed by atoms with Gasteiger partial charge in [0.1, 0.15) is 11.2 Å². The van der Waals surface area contributed by atoms with Crippen LogP contribution in [0.3, 0.4) is 0 Å². The monoisotopic (exact) mass is 399 g/mol. The van der Waals surface area contributed by atoms with Gasteiger partial charge in [0, 0.05) is 22.4 Å². The van der Waals surface area contributed by atoms with Gasteiger partial charge >= 0.3 is 5.63 Å². The molecule has 1 N–H and O–H groups in total. The fraction of sp³-hybridized carbons (Fsp3) is 0.0833. The minimum absolute atomic E-state index is 0.178. The molecule has 0 unspecified atom stereocenters. The number of para-hydroxylation sites is 1. The Balaban J connectivity index is 1.77. The first-order valence-corrected chi connectivity index (χ1v) is 9.57. The molecule has 30 heavy (non-hydrogen) atoms. The number of hydrogen-bond acceptors (Lipinski definition) is 5. The van der Waals surface area contributed by atoms with E-state index in [1.165, 1.54) is 12.3 Å². The Labute approximate surface area is 170 Å². The van der Waals surface area contributed by atoms with Crippen LogP contribution in [0.2, 0.25) is 0 Å². The Hall–Kier alpha value is -4.06. The van der Waals surface area contributed by atoms with Crippen molar-refractivity contribution in [2.24, 2.45) is 0 Å². The molecule has 6 heteroatoms. The third-order valence-electron chi connectivity index (χ3n) is 5.04. The highest BCUT2D eigenvalue weighted by Crippen LogP contribution is 2.40. The van der Waals surface area contributed by atoms with Gasteiger partial charge in [-0.3, -0.25) is 4.79 Å². The molecule has 2 aromatic carbocycles. The first kappa shape index (κ1) is 18.0. The third kappa shape index (κ3) is 2.99. The van der Waals surface area contributed by atoms with Crippen molar-refractivity contribution in [2.45, 2.75) is 13.3 Å². The number of rotatable bonds is 4. The summed E-state index contributed by atoms with van der Waals surface area (Å²) in [5.74, 6) is 0.161. The number of hydrogen-bond donors (Lipinski definition) is 1. The summed E-state index contributed by atoms with van der Waals surface area (Å²) >= 11 is 0. The lowest BCUT2D eigenvalue weighted by Crippen LogP contribution is -2.11. The summed E-state index contributed by atoms with van der Waals surface area (Å²) in [5.41, 5.74) is 2.68. The average molecular weight is 399 g/mol. The number of anilines is 1. The Bertz CT molecular complexity index is 1440. The summed E-state index contributed by atoms with van der Waals surface area (Å²) in [7, 11) is 0. The van der Waals surface area contributed by atoms with Gasteiger partial charge in [0.15, 0.2) is 11.5 Å². The Kier molecular flexibility index (Phi) is 4.25. The predicted molar refractivity (Wildman–Crippen MR) is 114 cm³/mol. The van der Waals surface area contributed by atoms with E-state index in [0.717, 1.165) is 22.8 Å². The first-order valence-electron chi connectivity index (χ1n) is 9.57. The highest BCUT2D eigenvalue weighted by atomic mass is 16.4. The Morgan fingerprint density at radius 1 is 0.933 bits per heavy atom. The van der Waals surface area contributed by atoms with E-state index < -0.39 is 11.5 Å². The lowest BCUT2D eigenvalue weighted by atomic mass is 10.0. The van der Waals surface area contributed by atoms with Crippen molar-refractivity contribution in [3.8, 4) is 11.3 Å². The van der Waals surface area contributed by atoms with Gasteiger partial charge in [0.05, 0.1) is 12.0 Å². The second-order valence-electron chi connectivity index (χ2n) is 6.90.